The lowest BCUT2D eigenvalue weighted by atomic mass is 9.97. The monoisotopic (exact) mass is 335 g/mol. The molecule has 25 heavy (non-hydrogen) atoms. The molecule has 2 aromatic carbocycles. The second-order valence-corrected chi connectivity index (χ2v) is 5.87. The first-order valence-electron chi connectivity index (χ1n) is 7.78. The summed E-state index contributed by atoms with van der Waals surface area (Å²) in [7, 11) is 1.84. The number of carbonyl (C=O) groups excluding carboxylic acids is 1. The van der Waals surface area contributed by atoms with Gasteiger partial charge < -0.3 is 0 Å². The van der Waals surface area contributed by atoms with Crippen molar-refractivity contribution in [3.05, 3.63) is 69.9 Å². The third-order valence-electron chi connectivity index (χ3n) is 4.15. The van der Waals surface area contributed by atoms with Gasteiger partial charge in [0.05, 0.1) is 16.3 Å². The predicted octanol–water partition coefficient (Wildman–Crippen LogP) is 4.17. The Morgan fingerprint density at radius 2 is 1.60 bits per heavy atom. The number of non-ortho nitro benzene ring substituents is 1. The number of rotatable bonds is 4. The van der Waals surface area contributed by atoms with Crippen molar-refractivity contribution in [1.82, 2.24) is 9.78 Å². The van der Waals surface area contributed by atoms with Gasteiger partial charge in [-0.3, -0.25) is 19.6 Å². The molecule has 0 N–H and O–H groups in total. The van der Waals surface area contributed by atoms with Crippen molar-refractivity contribution >= 4 is 11.5 Å². The summed E-state index contributed by atoms with van der Waals surface area (Å²) in [6.45, 7) is 3.45. The molecule has 0 aliphatic rings. The molecule has 3 rings (SSSR count). The highest BCUT2D eigenvalue weighted by molar-refractivity contribution is 5.95. The predicted molar refractivity (Wildman–Crippen MR) is 95.5 cm³/mol. The number of aromatic nitrogens is 2. The summed E-state index contributed by atoms with van der Waals surface area (Å²) in [5, 5.41) is 15.4. The minimum atomic E-state index is -0.417. The summed E-state index contributed by atoms with van der Waals surface area (Å²) in [6.07, 6.45) is 0. The Kier molecular flexibility index (Phi) is 4.19. The fourth-order valence-corrected chi connectivity index (χ4v) is 2.95. The van der Waals surface area contributed by atoms with Gasteiger partial charge in [-0.1, -0.05) is 24.3 Å². The van der Waals surface area contributed by atoms with Crippen molar-refractivity contribution in [3.8, 4) is 22.4 Å². The molecule has 0 aliphatic carbocycles. The Bertz CT molecular complexity index is 877. The number of nitrogens with zero attached hydrogens (tertiary/aromatic N) is 3. The number of aryl methyl sites for hydroxylation is 2. The third kappa shape index (κ3) is 3.06. The van der Waals surface area contributed by atoms with Gasteiger partial charge in [-0.25, -0.2) is 0 Å². The zero-order chi connectivity index (χ0) is 18.1. The lowest BCUT2D eigenvalue weighted by molar-refractivity contribution is -0.384. The smallest absolute Gasteiger partial charge is 0.269 e. The zero-order valence-corrected chi connectivity index (χ0v) is 14.2. The number of nitro groups is 1. The van der Waals surface area contributed by atoms with E-state index in [4.69, 9.17) is 0 Å². The van der Waals surface area contributed by atoms with Crippen molar-refractivity contribution in [2.75, 3.05) is 0 Å². The third-order valence-corrected chi connectivity index (χ3v) is 4.15. The Balaban J connectivity index is 2.12. The molecule has 0 bridgehead atoms. The number of nitro benzene ring substituents is 1. The molecule has 0 atom stereocenters. The van der Waals surface area contributed by atoms with E-state index < -0.39 is 4.92 Å². The summed E-state index contributed by atoms with van der Waals surface area (Å²) in [6, 6.07) is 13.8. The van der Waals surface area contributed by atoms with Crippen molar-refractivity contribution < 1.29 is 9.72 Å². The van der Waals surface area contributed by atoms with Crippen LogP contribution < -0.4 is 0 Å². The van der Waals surface area contributed by atoms with Gasteiger partial charge in [-0.2, -0.15) is 5.10 Å². The Hall–Kier alpha value is -3.28. The van der Waals surface area contributed by atoms with Crippen LogP contribution in [0.3, 0.4) is 0 Å². The highest BCUT2D eigenvalue weighted by Crippen LogP contribution is 2.35. The summed E-state index contributed by atoms with van der Waals surface area (Å²) in [5.41, 5.74) is 5.18. The molecule has 1 aromatic heterocycles. The lowest BCUT2D eigenvalue weighted by Crippen LogP contribution is -1.95. The van der Waals surface area contributed by atoms with Gasteiger partial charge in [0.2, 0.25) is 0 Å². The Morgan fingerprint density at radius 3 is 2.12 bits per heavy atom. The first-order chi connectivity index (χ1) is 11.9. The van der Waals surface area contributed by atoms with E-state index in [1.54, 1.807) is 28.9 Å². The maximum atomic E-state index is 11.5. The second kappa shape index (κ2) is 6.32. The minimum Gasteiger partial charge on any atom is -0.295 e. The molecule has 0 radical (unpaired) electrons. The fraction of sp³-hybridized carbons (Fsp3) is 0.158. The van der Waals surface area contributed by atoms with Crippen LogP contribution in [0.4, 0.5) is 5.69 Å². The quantitative estimate of drug-likeness (QED) is 0.407. The molecule has 126 valence electrons. The molecular weight excluding hydrogens is 318 g/mol. The molecule has 0 amide bonds. The average Bonchev–Trinajstić information content (AvgIpc) is 2.89. The van der Waals surface area contributed by atoms with Gasteiger partial charge in [-0.05, 0) is 31.5 Å². The van der Waals surface area contributed by atoms with E-state index in [9.17, 15) is 14.9 Å². The number of hydrogen-bond donors (Lipinski definition) is 0. The van der Waals surface area contributed by atoms with Crippen LogP contribution in [0.5, 0.6) is 0 Å². The molecule has 0 saturated heterocycles. The summed E-state index contributed by atoms with van der Waals surface area (Å²) in [4.78, 5) is 21.9. The molecule has 0 spiro atoms. The first-order valence-corrected chi connectivity index (χ1v) is 7.78. The lowest BCUT2D eigenvalue weighted by Gasteiger charge is -2.08. The minimum absolute atomic E-state index is 0.0186. The van der Waals surface area contributed by atoms with E-state index in [0.717, 1.165) is 28.1 Å². The van der Waals surface area contributed by atoms with Crippen LogP contribution in [0.2, 0.25) is 0 Å². The van der Waals surface area contributed by atoms with Crippen LogP contribution in [-0.2, 0) is 7.05 Å². The number of Topliss-reactive ketones (excluding diaryl/α,β-unsaturated/α-hetero) is 1. The van der Waals surface area contributed by atoms with Crippen LogP contribution in [0.15, 0.2) is 48.5 Å². The number of benzene rings is 2. The van der Waals surface area contributed by atoms with Crippen LogP contribution in [0.25, 0.3) is 22.4 Å². The zero-order valence-electron chi connectivity index (χ0n) is 14.2. The first kappa shape index (κ1) is 16.6. The molecule has 3 aromatic rings. The van der Waals surface area contributed by atoms with Crippen molar-refractivity contribution in [2.24, 2.45) is 7.05 Å². The standard InChI is InChI=1S/C19H17N3O3/c1-12-18(15-6-4-14(5-7-15)13(2)23)19(21(3)20-12)16-8-10-17(11-9-16)22(24)25/h4-11H,1-3H3. The topological polar surface area (TPSA) is 78.0 Å². The van der Waals surface area contributed by atoms with Crippen molar-refractivity contribution in [1.29, 1.82) is 0 Å². The van der Waals surface area contributed by atoms with Crippen LogP contribution in [-0.4, -0.2) is 20.5 Å². The van der Waals surface area contributed by atoms with Crippen LogP contribution in [0, 0.1) is 17.0 Å². The van der Waals surface area contributed by atoms with Gasteiger partial charge in [-0.15, -0.1) is 0 Å². The molecular formula is C19H17N3O3. The second-order valence-electron chi connectivity index (χ2n) is 5.87. The van der Waals surface area contributed by atoms with E-state index in [2.05, 4.69) is 5.10 Å². The Labute approximate surface area is 144 Å². The normalized spacial score (nSPS) is 10.7. The van der Waals surface area contributed by atoms with Gasteiger partial charge in [0.25, 0.3) is 5.69 Å². The number of ketones is 1. The Morgan fingerprint density at radius 1 is 1.04 bits per heavy atom. The highest BCUT2D eigenvalue weighted by atomic mass is 16.6. The summed E-state index contributed by atoms with van der Waals surface area (Å²) in [5.74, 6) is 0.0186. The molecule has 0 fully saturated rings. The number of hydrogen-bond acceptors (Lipinski definition) is 4. The van der Waals surface area contributed by atoms with Gasteiger partial charge in [0.15, 0.2) is 5.78 Å². The van der Waals surface area contributed by atoms with Crippen LogP contribution in [0.1, 0.15) is 23.0 Å². The summed E-state index contributed by atoms with van der Waals surface area (Å²) >= 11 is 0. The molecule has 0 aliphatic heterocycles. The van der Waals surface area contributed by atoms with Gasteiger partial charge in [0, 0.05) is 35.9 Å². The molecule has 0 saturated carbocycles. The summed E-state index contributed by atoms with van der Waals surface area (Å²) < 4.78 is 1.77. The molecule has 6 nitrogen and oxygen atoms in total. The maximum absolute atomic E-state index is 11.5. The van der Waals surface area contributed by atoms with E-state index in [-0.39, 0.29) is 11.5 Å². The average molecular weight is 335 g/mol. The van der Waals surface area contributed by atoms with E-state index in [0.29, 0.717) is 5.56 Å². The van der Waals surface area contributed by atoms with Crippen molar-refractivity contribution in [2.45, 2.75) is 13.8 Å². The molecule has 6 heteroatoms. The maximum Gasteiger partial charge on any atom is 0.269 e. The SMILES string of the molecule is CC(=O)c1ccc(-c2c(C)nn(C)c2-c2ccc([N+](=O)[O-])cc2)cc1. The van der Waals surface area contributed by atoms with Crippen molar-refractivity contribution in [3.63, 3.8) is 0 Å². The van der Waals surface area contributed by atoms with Crippen LogP contribution >= 0.6 is 0 Å². The fourth-order valence-electron chi connectivity index (χ4n) is 2.95. The van der Waals surface area contributed by atoms with E-state index >= 15 is 0 Å². The molecule has 0 unspecified atom stereocenters. The number of carbonyl (C=O) groups is 1. The van der Waals surface area contributed by atoms with Gasteiger partial charge in [0.1, 0.15) is 0 Å². The van der Waals surface area contributed by atoms with Gasteiger partial charge >= 0.3 is 0 Å². The largest absolute Gasteiger partial charge is 0.295 e. The van der Waals surface area contributed by atoms with E-state index in [1.807, 2.05) is 26.1 Å². The highest BCUT2D eigenvalue weighted by Gasteiger charge is 2.18. The van der Waals surface area contributed by atoms with E-state index in [1.165, 1.54) is 19.1 Å². The molecule has 1 heterocycles.